The fourth-order valence-corrected chi connectivity index (χ4v) is 5.74. The molecule has 4 rings (SSSR count). The van der Waals surface area contributed by atoms with Crippen LogP contribution >= 0.6 is 0 Å². The molecule has 0 saturated carbocycles. The Balaban J connectivity index is 1.75. The van der Waals surface area contributed by atoms with Crippen molar-refractivity contribution in [2.75, 3.05) is 29.8 Å². The Bertz CT molecular complexity index is 1500. The second-order valence-corrected chi connectivity index (χ2v) is 12.6. The van der Waals surface area contributed by atoms with Crippen LogP contribution in [0.15, 0.2) is 72.8 Å². The number of halogens is 1. The highest BCUT2D eigenvalue weighted by Crippen LogP contribution is 2.35. The Kier molecular flexibility index (Phi) is 10.6. The highest BCUT2D eigenvalue weighted by molar-refractivity contribution is 7.92. The van der Waals surface area contributed by atoms with Crippen LogP contribution in [-0.2, 0) is 32.6 Å². The number of anilines is 1. The van der Waals surface area contributed by atoms with E-state index in [9.17, 15) is 22.4 Å². The monoisotopic (exact) mass is 611 g/mol. The molecule has 0 bridgehead atoms. The predicted octanol–water partition coefficient (Wildman–Crippen LogP) is 4.31. The third-order valence-corrected chi connectivity index (χ3v) is 9.07. The second kappa shape index (κ2) is 14.4. The van der Waals surface area contributed by atoms with Crippen LogP contribution in [0.4, 0.5) is 10.1 Å². The molecule has 1 aliphatic heterocycles. The molecular weight excluding hydrogens is 573 g/mol. The fourth-order valence-electron chi connectivity index (χ4n) is 4.69. The summed E-state index contributed by atoms with van der Waals surface area (Å²) in [4.78, 5) is 29.4. The maximum Gasteiger partial charge on any atom is 0.244 e. The summed E-state index contributed by atoms with van der Waals surface area (Å²) in [5, 5.41) is 2.99. The largest absolute Gasteiger partial charge is 0.486 e. The summed E-state index contributed by atoms with van der Waals surface area (Å²) in [6, 6.07) is 18.5. The van der Waals surface area contributed by atoms with E-state index >= 15 is 0 Å². The van der Waals surface area contributed by atoms with Crippen molar-refractivity contribution in [3.05, 3.63) is 89.7 Å². The number of rotatable bonds is 13. The number of sulfonamides is 1. The number of benzene rings is 3. The molecule has 0 fully saturated rings. The highest BCUT2D eigenvalue weighted by Gasteiger charge is 2.34. The minimum atomic E-state index is -3.94. The van der Waals surface area contributed by atoms with Crippen molar-refractivity contribution >= 4 is 27.5 Å². The molecule has 0 aromatic heterocycles. The quantitative estimate of drug-likeness (QED) is 0.309. The molecule has 0 aliphatic carbocycles. The van der Waals surface area contributed by atoms with E-state index in [2.05, 4.69) is 5.32 Å². The number of hydrogen-bond donors (Lipinski definition) is 1. The lowest BCUT2D eigenvalue weighted by atomic mass is 10.0. The van der Waals surface area contributed by atoms with Crippen molar-refractivity contribution in [1.82, 2.24) is 10.2 Å². The van der Waals surface area contributed by atoms with Gasteiger partial charge in [0.25, 0.3) is 0 Å². The molecule has 3 aromatic carbocycles. The first-order chi connectivity index (χ1) is 20.6. The van der Waals surface area contributed by atoms with E-state index in [4.69, 9.17) is 9.47 Å². The predicted molar refractivity (Wildman–Crippen MR) is 163 cm³/mol. The number of nitrogens with one attached hydrogen (secondary N) is 1. The van der Waals surface area contributed by atoms with Crippen LogP contribution in [0.25, 0.3) is 0 Å². The summed E-state index contributed by atoms with van der Waals surface area (Å²) in [5.41, 5.74) is 1.66. The lowest BCUT2D eigenvalue weighted by molar-refractivity contribution is -0.140. The van der Waals surface area contributed by atoms with Crippen molar-refractivity contribution in [1.29, 1.82) is 0 Å². The summed E-state index contributed by atoms with van der Waals surface area (Å²) in [5.74, 6) is -0.775. The van der Waals surface area contributed by atoms with Gasteiger partial charge in [0.2, 0.25) is 21.8 Å². The van der Waals surface area contributed by atoms with Crippen LogP contribution in [-0.4, -0.2) is 62.7 Å². The number of carbonyl (C=O) groups is 2. The smallest absolute Gasteiger partial charge is 0.244 e. The van der Waals surface area contributed by atoms with E-state index < -0.39 is 34.3 Å². The maximum atomic E-state index is 14.3. The van der Waals surface area contributed by atoms with Gasteiger partial charge in [0, 0.05) is 25.1 Å². The first kappa shape index (κ1) is 31.8. The first-order valence-corrected chi connectivity index (χ1v) is 16.0. The lowest BCUT2D eigenvalue weighted by Crippen LogP contribution is -2.54. The Hall–Kier alpha value is -4.12. The van der Waals surface area contributed by atoms with Crippen LogP contribution in [0, 0.1) is 5.82 Å². The molecule has 2 atom stereocenters. The summed E-state index contributed by atoms with van der Waals surface area (Å²) in [7, 11) is -3.94. The van der Waals surface area contributed by atoms with Crippen LogP contribution < -0.4 is 19.1 Å². The second-order valence-electron chi connectivity index (χ2n) is 10.4. The average molecular weight is 612 g/mol. The van der Waals surface area contributed by atoms with Gasteiger partial charge in [-0.3, -0.25) is 13.9 Å². The molecular formula is C32H38FN3O6S. The molecule has 1 heterocycles. The molecule has 3 aromatic rings. The molecule has 11 heteroatoms. The topological polar surface area (TPSA) is 105 Å². The summed E-state index contributed by atoms with van der Waals surface area (Å²) < 4.78 is 52.8. The van der Waals surface area contributed by atoms with Crippen LogP contribution in [0.1, 0.15) is 38.3 Å². The number of hydrogen-bond acceptors (Lipinski definition) is 6. The van der Waals surface area contributed by atoms with Crippen molar-refractivity contribution < 1.29 is 31.9 Å². The summed E-state index contributed by atoms with van der Waals surface area (Å²) in [6.45, 7) is 5.42. The number of carbonyl (C=O) groups excluding carboxylic acids is 2. The Morgan fingerprint density at radius 3 is 2.26 bits per heavy atom. The third-order valence-electron chi connectivity index (χ3n) is 7.33. The molecule has 0 unspecified atom stereocenters. The number of ether oxygens (including phenoxy) is 2. The van der Waals surface area contributed by atoms with Crippen molar-refractivity contribution in [3.8, 4) is 11.5 Å². The molecule has 0 saturated heterocycles. The van der Waals surface area contributed by atoms with Crippen LogP contribution in [0.2, 0.25) is 0 Å². The number of nitrogens with zero attached hydrogens (tertiary/aromatic N) is 2. The molecule has 0 radical (unpaired) electrons. The molecule has 1 aliphatic rings. The van der Waals surface area contributed by atoms with E-state index in [1.165, 1.54) is 30.0 Å². The zero-order chi connectivity index (χ0) is 31.0. The van der Waals surface area contributed by atoms with Gasteiger partial charge < -0.3 is 19.7 Å². The van der Waals surface area contributed by atoms with E-state index in [0.29, 0.717) is 36.7 Å². The lowest BCUT2D eigenvalue weighted by Gasteiger charge is -2.34. The van der Waals surface area contributed by atoms with Gasteiger partial charge in [-0.05, 0) is 55.7 Å². The molecule has 43 heavy (non-hydrogen) atoms. The Morgan fingerprint density at radius 2 is 1.60 bits per heavy atom. The Morgan fingerprint density at radius 1 is 0.930 bits per heavy atom. The van der Waals surface area contributed by atoms with Gasteiger partial charge in [-0.2, -0.15) is 0 Å². The van der Waals surface area contributed by atoms with Gasteiger partial charge in [-0.1, -0.05) is 49.4 Å². The van der Waals surface area contributed by atoms with Crippen LogP contribution in [0.3, 0.4) is 0 Å². The highest BCUT2D eigenvalue weighted by atomic mass is 32.2. The summed E-state index contributed by atoms with van der Waals surface area (Å²) in [6.07, 6.45) is 0.878. The van der Waals surface area contributed by atoms with E-state index in [1.54, 1.807) is 24.3 Å². The molecule has 0 spiro atoms. The van der Waals surface area contributed by atoms with Gasteiger partial charge in [-0.15, -0.1) is 0 Å². The van der Waals surface area contributed by atoms with E-state index in [-0.39, 0.29) is 36.4 Å². The standard InChI is InChI=1S/C32H38FN3O6S/c1-4-23(3)34-32(38)28(19-24-9-7-6-8-10-24)35(21-25-11-13-26(33)14-12-25)31(37)22-36(43(39,40)5-2)27-15-16-29-30(20-27)42-18-17-41-29/h6-16,20,23,28H,4-5,17-19,21-22H2,1-3H3,(H,34,38)/t23-,28-/m0/s1. The minimum Gasteiger partial charge on any atom is -0.486 e. The normalized spacial score (nSPS) is 14.0. The fraction of sp³-hybridized carbons (Fsp3) is 0.375. The van der Waals surface area contributed by atoms with Gasteiger partial charge in [0.1, 0.15) is 31.6 Å². The van der Waals surface area contributed by atoms with Crippen molar-refractivity contribution in [3.63, 3.8) is 0 Å². The molecule has 230 valence electrons. The van der Waals surface area contributed by atoms with E-state index in [1.807, 2.05) is 44.2 Å². The van der Waals surface area contributed by atoms with Crippen molar-refractivity contribution in [2.45, 2.75) is 52.2 Å². The minimum absolute atomic E-state index is 0.0360. The molecule has 9 nitrogen and oxygen atoms in total. The summed E-state index contributed by atoms with van der Waals surface area (Å²) >= 11 is 0. The molecule has 2 amide bonds. The average Bonchev–Trinajstić information content (AvgIpc) is 3.02. The van der Waals surface area contributed by atoms with Crippen LogP contribution in [0.5, 0.6) is 11.5 Å². The molecule has 1 N–H and O–H groups in total. The van der Waals surface area contributed by atoms with Gasteiger partial charge in [-0.25, -0.2) is 12.8 Å². The van der Waals surface area contributed by atoms with Gasteiger partial charge >= 0.3 is 0 Å². The van der Waals surface area contributed by atoms with Crippen molar-refractivity contribution in [2.24, 2.45) is 0 Å². The zero-order valence-electron chi connectivity index (χ0n) is 24.7. The number of fused-ring (bicyclic) bond motifs is 1. The van der Waals surface area contributed by atoms with E-state index in [0.717, 1.165) is 9.87 Å². The first-order valence-electron chi connectivity index (χ1n) is 14.4. The third kappa shape index (κ3) is 8.25. The van der Waals surface area contributed by atoms with Gasteiger partial charge in [0.05, 0.1) is 11.4 Å². The maximum absolute atomic E-state index is 14.3. The Labute approximate surface area is 252 Å². The zero-order valence-corrected chi connectivity index (χ0v) is 25.5. The SMILES string of the molecule is CC[C@H](C)NC(=O)[C@H](Cc1ccccc1)N(Cc1ccc(F)cc1)C(=O)CN(c1ccc2c(c1)OCCO2)S(=O)(=O)CC. The number of amides is 2. The van der Waals surface area contributed by atoms with Gasteiger partial charge in [0.15, 0.2) is 11.5 Å².